The average molecular weight is 283 g/mol. The van der Waals surface area contributed by atoms with Crippen LogP contribution < -0.4 is 9.64 Å². The van der Waals surface area contributed by atoms with E-state index < -0.39 is 0 Å². The minimum Gasteiger partial charge on any atom is -0.490 e. The Balaban J connectivity index is 2.19. The van der Waals surface area contributed by atoms with Crippen molar-refractivity contribution in [2.75, 3.05) is 23.9 Å². The van der Waals surface area contributed by atoms with E-state index in [9.17, 15) is 0 Å². The van der Waals surface area contributed by atoms with Crippen molar-refractivity contribution in [2.24, 2.45) is 0 Å². The third kappa shape index (κ3) is 3.75. The topological polar surface area (TPSA) is 25.4 Å². The van der Waals surface area contributed by atoms with E-state index in [1.54, 1.807) is 0 Å². The van der Waals surface area contributed by atoms with Crippen molar-refractivity contribution in [1.82, 2.24) is 4.98 Å². The third-order valence-corrected chi connectivity index (χ3v) is 3.74. The monoisotopic (exact) mass is 282 g/mol. The summed E-state index contributed by atoms with van der Waals surface area (Å²) in [5.41, 5.74) is 0. The molecule has 1 aromatic heterocycles. The number of ether oxygens (including phenoxy) is 1. The summed E-state index contributed by atoms with van der Waals surface area (Å²) in [6, 6.07) is 4.51. The van der Waals surface area contributed by atoms with Crippen molar-refractivity contribution in [2.45, 2.75) is 45.1 Å². The molecule has 0 unspecified atom stereocenters. The van der Waals surface area contributed by atoms with Gasteiger partial charge in [-0.05, 0) is 31.4 Å². The highest BCUT2D eigenvalue weighted by Crippen LogP contribution is 2.32. The third-order valence-electron chi connectivity index (χ3n) is 3.58. The van der Waals surface area contributed by atoms with Crippen LogP contribution in [0.1, 0.15) is 39.0 Å². The van der Waals surface area contributed by atoms with Crippen LogP contribution >= 0.6 is 11.6 Å². The maximum Gasteiger partial charge on any atom is 0.171 e. The van der Waals surface area contributed by atoms with Gasteiger partial charge in [0.1, 0.15) is 0 Å². The van der Waals surface area contributed by atoms with E-state index in [0.717, 1.165) is 31.1 Å². The summed E-state index contributed by atoms with van der Waals surface area (Å²) in [5, 5.41) is 0. The molecule has 0 spiro atoms. The molecular weight excluding hydrogens is 260 g/mol. The first-order valence-electron chi connectivity index (χ1n) is 7.27. The number of hydrogen-bond donors (Lipinski definition) is 0. The van der Waals surface area contributed by atoms with Crippen molar-refractivity contribution in [3.63, 3.8) is 0 Å². The molecule has 106 valence electrons. The summed E-state index contributed by atoms with van der Waals surface area (Å²) in [6.45, 7) is 3.69. The van der Waals surface area contributed by atoms with E-state index in [-0.39, 0.29) is 0 Å². The highest BCUT2D eigenvalue weighted by atomic mass is 35.5. The summed E-state index contributed by atoms with van der Waals surface area (Å²) in [7, 11) is 0. The van der Waals surface area contributed by atoms with Crippen LogP contribution in [0, 0.1) is 0 Å². The van der Waals surface area contributed by atoms with E-state index in [4.69, 9.17) is 16.3 Å². The van der Waals surface area contributed by atoms with Crippen LogP contribution in [0.15, 0.2) is 18.3 Å². The number of aromatic nitrogens is 1. The highest BCUT2D eigenvalue weighted by molar-refractivity contribution is 6.18. The van der Waals surface area contributed by atoms with E-state index in [1.165, 1.54) is 25.7 Å². The number of rotatable bonds is 7. The van der Waals surface area contributed by atoms with Crippen LogP contribution in [-0.4, -0.2) is 30.1 Å². The lowest BCUT2D eigenvalue weighted by Crippen LogP contribution is -2.35. The lowest BCUT2D eigenvalue weighted by atomic mass is 10.2. The number of anilines is 1. The van der Waals surface area contributed by atoms with Gasteiger partial charge < -0.3 is 9.64 Å². The van der Waals surface area contributed by atoms with Gasteiger partial charge in [0.2, 0.25) is 0 Å². The van der Waals surface area contributed by atoms with Crippen molar-refractivity contribution >= 4 is 17.4 Å². The zero-order valence-corrected chi connectivity index (χ0v) is 12.4. The molecule has 19 heavy (non-hydrogen) atoms. The second-order valence-electron chi connectivity index (χ2n) is 4.99. The van der Waals surface area contributed by atoms with Crippen LogP contribution in [0.5, 0.6) is 5.75 Å². The standard InChI is InChI=1S/C15H23ClN2O/c1-2-12-19-14-8-5-10-17-15(14)18(11-9-16)13-6-3-4-7-13/h5,8,10,13H,2-4,6-7,9,11-12H2,1H3. The average Bonchev–Trinajstić information content (AvgIpc) is 2.97. The van der Waals surface area contributed by atoms with Crippen LogP contribution in [0.4, 0.5) is 5.82 Å². The van der Waals surface area contributed by atoms with E-state index >= 15 is 0 Å². The largest absolute Gasteiger partial charge is 0.490 e. The fourth-order valence-corrected chi connectivity index (χ4v) is 2.87. The molecule has 1 fully saturated rings. The lowest BCUT2D eigenvalue weighted by molar-refractivity contribution is 0.315. The molecule has 0 bridgehead atoms. The Bertz CT molecular complexity index is 380. The van der Waals surface area contributed by atoms with Gasteiger partial charge in [-0.3, -0.25) is 0 Å². The minimum atomic E-state index is 0.567. The van der Waals surface area contributed by atoms with Crippen molar-refractivity contribution < 1.29 is 4.74 Å². The smallest absolute Gasteiger partial charge is 0.171 e. The quantitative estimate of drug-likeness (QED) is 0.710. The molecule has 1 heterocycles. The number of pyridine rings is 1. The number of hydrogen-bond acceptors (Lipinski definition) is 3. The summed E-state index contributed by atoms with van der Waals surface area (Å²) in [6.07, 6.45) is 7.93. The zero-order valence-electron chi connectivity index (χ0n) is 11.6. The minimum absolute atomic E-state index is 0.567. The Morgan fingerprint density at radius 1 is 1.42 bits per heavy atom. The van der Waals surface area contributed by atoms with Gasteiger partial charge >= 0.3 is 0 Å². The van der Waals surface area contributed by atoms with Gasteiger partial charge in [-0.1, -0.05) is 19.8 Å². The first kappa shape index (κ1) is 14.4. The first-order chi connectivity index (χ1) is 9.36. The molecular formula is C15H23ClN2O. The maximum atomic E-state index is 5.97. The summed E-state index contributed by atoms with van der Waals surface area (Å²) >= 11 is 5.97. The van der Waals surface area contributed by atoms with Crippen molar-refractivity contribution in [3.05, 3.63) is 18.3 Å². The Morgan fingerprint density at radius 2 is 2.21 bits per heavy atom. The molecule has 0 saturated heterocycles. The van der Waals surface area contributed by atoms with E-state index in [0.29, 0.717) is 11.9 Å². The SMILES string of the molecule is CCCOc1cccnc1N(CCCl)C1CCCC1. The Hall–Kier alpha value is -0.960. The van der Waals surface area contributed by atoms with E-state index in [1.807, 2.05) is 18.3 Å². The Kier molecular flexibility index (Phi) is 5.77. The maximum absolute atomic E-state index is 5.97. The molecule has 0 aliphatic heterocycles. The second kappa shape index (κ2) is 7.59. The summed E-state index contributed by atoms with van der Waals surface area (Å²) < 4.78 is 5.83. The number of alkyl halides is 1. The molecule has 2 rings (SSSR count). The van der Waals surface area contributed by atoms with Gasteiger partial charge in [-0.15, -0.1) is 11.6 Å². The van der Waals surface area contributed by atoms with Crippen LogP contribution in [0.2, 0.25) is 0 Å². The fraction of sp³-hybridized carbons (Fsp3) is 0.667. The summed E-state index contributed by atoms with van der Waals surface area (Å²) in [5.74, 6) is 2.48. The van der Waals surface area contributed by atoms with Gasteiger partial charge in [-0.25, -0.2) is 4.98 Å². The molecule has 0 aromatic carbocycles. The predicted molar refractivity (Wildman–Crippen MR) is 80.3 cm³/mol. The van der Waals surface area contributed by atoms with Crippen LogP contribution in [0.25, 0.3) is 0 Å². The molecule has 1 saturated carbocycles. The highest BCUT2D eigenvalue weighted by Gasteiger charge is 2.25. The van der Waals surface area contributed by atoms with Crippen molar-refractivity contribution in [3.8, 4) is 5.75 Å². The molecule has 0 radical (unpaired) electrons. The summed E-state index contributed by atoms with van der Waals surface area (Å²) in [4.78, 5) is 6.88. The first-order valence-corrected chi connectivity index (χ1v) is 7.80. The van der Waals surface area contributed by atoms with Crippen LogP contribution in [-0.2, 0) is 0 Å². The lowest BCUT2D eigenvalue weighted by Gasteiger charge is -2.30. The molecule has 1 aliphatic rings. The van der Waals surface area contributed by atoms with E-state index in [2.05, 4.69) is 16.8 Å². The molecule has 1 aliphatic carbocycles. The predicted octanol–water partition coefficient (Wildman–Crippen LogP) is 3.86. The normalized spacial score (nSPS) is 15.7. The van der Waals surface area contributed by atoms with Crippen LogP contribution in [0.3, 0.4) is 0 Å². The van der Waals surface area contributed by atoms with Gasteiger partial charge in [0.15, 0.2) is 11.6 Å². The molecule has 4 heteroatoms. The van der Waals surface area contributed by atoms with Gasteiger partial charge in [0.05, 0.1) is 6.61 Å². The molecule has 1 aromatic rings. The Morgan fingerprint density at radius 3 is 2.89 bits per heavy atom. The van der Waals surface area contributed by atoms with Gasteiger partial charge in [0, 0.05) is 24.7 Å². The zero-order chi connectivity index (χ0) is 13.5. The Labute approximate surface area is 120 Å². The van der Waals surface area contributed by atoms with Crippen molar-refractivity contribution in [1.29, 1.82) is 0 Å². The molecule has 0 amide bonds. The molecule has 0 atom stereocenters. The second-order valence-corrected chi connectivity index (χ2v) is 5.37. The van der Waals surface area contributed by atoms with Gasteiger partial charge in [0.25, 0.3) is 0 Å². The number of nitrogens with zero attached hydrogens (tertiary/aromatic N) is 2. The molecule has 0 N–H and O–H groups in total. The van der Waals surface area contributed by atoms with Gasteiger partial charge in [-0.2, -0.15) is 0 Å². The number of halogens is 1. The fourth-order valence-electron chi connectivity index (χ4n) is 2.69. The molecule has 3 nitrogen and oxygen atoms in total.